The summed E-state index contributed by atoms with van der Waals surface area (Å²) < 4.78 is 5.26. The van der Waals surface area contributed by atoms with Crippen molar-refractivity contribution < 1.29 is 14.1 Å². The first-order valence-corrected chi connectivity index (χ1v) is 8.92. The van der Waals surface area contributed by atoms with E-state index in [0.717, 1.165) is 17.7 Å². The van der Waals surface area contributed by atoms with Gasteiger partial charge in [0.15, 0.2) is 11.5 Å². The van der Waals surface area contributed by atoms with Crippen LogP contribution in [0.4, 0.5) is 11.4 Å². The van der Waals surface area contributed by atoms with E-state index < -0.39 is 5.91 Å². The van der Waals surface area contributed by atoms with E-state index in [1.54, 1.807) is 47.4 Å². The quantitative estimate of drug-likeness (QED) is 0.727. The van der Waals surface area contributed by atoms with Gasteiger partial charge in [-0.25, -0.2) is 0 Å². The smallest absolute Gasteiger partial charge is 0.277 e. The van der Waals surface area contributed by atoms with Gasteiger partial charge in [0.25, 0.3) is 5.91 Å². The Bertz CT molecular complexity index is 1010. The molecule has 0 saturated carbocycles. The Kier molecular flexibility index (Phi) is 4.64. The highest BCUT2D eigenvalue weighted by Crippen LogP contribution is 2.26. The van der Waals surface area contributed by atoms with E-state index in [1.807, 2.05) is 12.1 Å². The standard InChI is InChI=1S/C20H16ClN3O3/c21-14-5-1-4-13(10-14)18-12-17(23-27-18)20(26)22-15-6-2-7-16(11-15)24-9-3-8-19(24)25/h1-2,4-7,10-12H,3,8-9H2,(H,22,26). The zero-order chi connectivity index (χ0) is 18.8. The highest BCUT2D eigenvalue weighted by atomic mass is 35.5. The van der Waals surface area contributed by atoms with Crippen LogP contribution in [-0.2, 0) is 4.79 Å². The second-order valence-electron chi connectivity index (χ2n) is 6.24. The molecule has 136 valence electrons. The minimum absolute atomic E-state index is 0.0983. The Balaban J connectivity index is 1.51. The van der Waals surface area contributed by atoms with Crippen molar-refractivity contribution in [2.75, 3.05) is 16.8 Å². The molecule has 1 N–H and O–H groups in total. The molecule has 1 aliphatic rings. The summed E-state index contributed by atoms with van der Waals surface area (Å²) in [6.07, 6.45) is 1.41. The molecule has 4 rings (SSSR count). The van der Waals surface area contributed by atoms with Crippen LogP contribution < -0.4 is 10.2 Å². The van der Waals surface area contributed by atoms with E-state index in [9.17, 15) is 9.59 Å². The monoisotopic (exact) mass is 381 g/mol. The van der Waals surface area contributed by atoms with Crippen molar-refractivity contribution >= 4 is 34.8 Å². The van der Waals surface area contributed by atoms with Crippen molar-refractivity contribution in [1.82, 2.24) is 5.16 Å². The van der Waals surface area contributed by atoms with Crippen LogP contribution in [0, 0.1) is 0 Å². The second-order valence-corrected chi connectivity index (χ2v) is 6.68. The van der Waals surface area contributed by atoms with Crippen molar-refractivity contribution in [2.24, 2.45) is 0 Å². The fraction of sp³-hybridized carbons (Fsp3) is 0.150. The molecule has 7 heteroatoms. The van der Waals surface area contributed by atoms with Gasteiger partial charge in [-0.3, -0.25) is 9.59 Å². The van der Waals surface area contributed by atoms with Gasteiger partial charge in [0.05, 0.1) is 0 Å². The average Bonchev–Trinajstić information content (AvgIpc) is 3.31. The molecule has 1 saturated heterocycles. The largest absolute Gasteiger partial charge is 0.355 e. The zero-order valence-corrected chi connectivity index (χ0v) is 15.1. The van der Waals surface area contributed by atoms with Crippen molar-refractivity contribution in [3.05, 3.63) is 65.3 Å². The van der Waals surface area contributed by atoms with Crippen molar-refractivity contribution in [1.29, 1.82) is 0 Å². The number of benzene rings is 2. The minimum Gasteiger partial charge on any atom is -0.355 e. The number of nitrogens with one attached hydrogen (secondary N) is 1. The van der Waals surface area contributed by atoms with E-state index in [0.29, 0.717) is 29.4 Å². The fourth-order valence-electron chi connectivity index (χ4n) is 3.03. The lowest BCUT2D eigenvalue weighted by molar-refractivity contribution is -0.117. The molecule has 0 aliphatic carbocycles. The van der Waals surface area contributed by atoms with Gasteiger partial charge >= 0.3 is 0 Å². The Morgan fingerprint density at radius 3 is 2.78 bits per heavy atom. The Hall–Kier alpha value is -3.12. The van der Waals surface area contributed by atoms with Gasteiger partial charge < -0.3 is 14.7 Å². The zero-order valence-electron chi connectivity index (χ0n) is 14.3. The van der Waals surface area contributed by atoms with Crippen LogP contribution in [0.25, 0.3) is 11.3 Å². The number of amides is 2. The lowest BCUT2D eigenvalue weighted by Gasteiger charge is -2.16. The molecule has 6 nitrogen and oxygen atoms in total. The molecule has 2 amide bonds. The summed E-state index contributed by atoms with van der Waals surface area (Å²) in [5, 5.41) is 7.20. The number of anilines is 2. The highest BCUT2D eigenvalue weighted by Gasteiger charge is 2.22. The maximum atomic E-state index is 12.5. The maximum absolute atomic E-state index is 12.5. The predicted molar refractivity (Wildman–Crippen MR) is 103 cm³/mol. The number of rotatable bonds is 4. The van der Waals surface area contributed by atoms with Crippen LogP contribution >= 0.6 is 11.6 Å². The first kappa shape index (κ1) is 17.3. The Labute approximate surface area is 160 Å². The summed E-state index contributed by atoms with van der Waals surface area (Å²) in [6.45, 7) is 0.697. The average molecular weight is 382 g/mol. The van der Waals surface area contributed by atoms with Crippen LogP contribution in [0.15, 0.2) is 59.1 Å². The third-order valence-corrected chi connectivity index (χ3v) is 4.58. The first-order chi connectivity index (χ1) is 13.1. The summed E-state index contributed by atoms with van der Waals surface area (Å²) in [6, 6.07) is 15.9. The van der Waals surface area contributed by atoms with Gasteiger partial charge in [-0.15, -0.1) is 0 Å². The second kappa shape index (κ2) is 7.25. The van der Waals surface area contributed by atoms with Gasteiger partial charge in [-0.05, 0) is 36.8 Å². The number of hydrogen-bond acceptors (Lipinski definition) is 4. The minimum atomic E-state index is -0.392. The van der Waals surface area contributed by atoms with Crippen LogP contribution in [0.2, 0.25) is 5.02 Å². The normalized spacial score (nSPS) is 13.8. The fourth-order valence-corrected chi connectivity index (χ4v) is 3.22. The molecule has 0 radical (unpaired) electrons. The predicted octanol–water partition coefficient (Wildman–Crippen LogP) is 4.37. The summed E-state index contributed by atoms with van der Waals surface area (Å²) in [4.78, 5) is 26.1. The van der Waals surface area contributed by atoms with Gasteiger partial charge in [0, 0.05) is 41.0 Å². The molecule has 27 heavy (non-hydrogen) atoms. The molecule has 1 fully saturated rings. The molecule has 1 aliphatic heterocycles. The number of halogens is 1. The lowest BCUT2D eigenvalue weighted by atomic mass is 10.1. The van der Waals surface area contributed by atoms with Crippen LogP contribution in [-0.4, -0.2) is 23.5 Å². The van der Waals surface area contributed by atoms with Crippen molar-refractivity contribution in [2.45, 2.75) is 12.8 Å². The van der Waals surface area contributed by atoms with E-state index in [1.165, 1.54) is 0 Å². The van der Waals surface area contributed by atoms with E-state index in [4.69, 9.17) is 16.1 Å². The third-order valence-electron chi connectivity index (χ3n) is 4.34. The van der Waals surface area contributed by atoms with Crippen molar-refractivity contribution in [3.63, 3.8) is 0 Å². The van der Waals surface area contributed by atoms with E-state index in [2.05, 4.69) is 10.5 Å². The summed E-state index contributed by atoms with van der Waals surface area (Å²) in [5.41, 5.74) is 2.26. The topological polar surface area (TPSA) is 75.4 Å². The SMILES string of the molecule is O=C(Nc1cccc(N2CCCC2=O)c1)c1cc(-c2cccc(Cl)c2)on1. The number of hydrogen-bond donors (Lipinski definition) is 1. The van der Waals surface area contributed by atoms with Crippen molar-refractivity contribution in [3.8, 4) is 11.3 Å². The molecular weight excluding hydrogens is 366 g/mol. The molecule has 1 aromatic heterocycles. The molecule has 2 heterocycles. The molecule has 2 aromatic carbocycles. The van der Waals surface area contributed by atoms with Gasteiger partial charge in [0.1, 0.15) is 0 Å². The molecule has 3 aromatic rings. The lowest BCUT2D eigenvalue weighted by Crippen LogP contribution is -2.23. The molecular formula is C20H16ClN3O3. The Morgan fingerprint density at radius 1 is 1.15 bits per heavy atom. The van der Waals surface area contributed by atoms with Gasteiger partial charge in [-0.1, -0.05) is 35.0 Å². The molecule has 0 bridgehead atoms. The van der Waals surface area contributed by atoms with Crippen LogP contribution in [0.1, 0.15) is 23.3 Å². The van der Waals surface area contributed by atoms with E-state index in [-0.39, 0.29) is 11.6 Å². The van der Waals surface area contributed by atoms with Gasteiger partial charge in [-0.2, -0.15) is 0 Å². The summed E-state index contributed by atoms with van der Waals surface area (Å²) in [7, 11) is 0. The number of carbonyl (C=O) groups excluding carboxylic acids is 2. The molecule has 0 spiro atoms. The number of aromatic nitrogens is 1. The summed E-state index contributed by atoms with van der Waals surface area (Å²) in [5.74, 6) is 0.164. The molecule has 0 atom stereocenters. The molecule has 0 unspecified atom stereocenters. The summed E-state index contributed by atoms with van der Waals surface area (Å²) >= 11 is 5.98. The first-order valence-electron chi connectivity index (χ1n) is 8.54. The van der Waals surface area contributed by atoms with Gasteiger partial charge in [0.2, 0.25) is 5.91 Å². The van der Waals surface area contributed by atoms with E-state index >= 15 is 0 Å². The van der Waals surface area contributed by atoms with Crippen LogP contribution in [0.5, 0.6) is 0 Å². The number of carbonyl (C=O) groups is 2. The highest BCUT2D eigenvalue weighted by molar-refractivity contribution is 6.30. The van der Waals surface area contributed by atoms with Crippen LogP contribution in [0.3, 0.4) is 0 Å². The maximum Gasteiger partial charge on any atom is 0.277 e. The Morgan fingerprint density at radius 2 is 2.00 bits per heavy atom. The third kappa shape index (κ3) is 3.71. The number of nitrogens with zero attached hydrogens (tertiary/aromatic N) is 2.